The van der Waals surface area contributed by atoms with Crippen LogP contribution in [0.3, 0.4) is 0 Å². The zero-order valence-corrected chi connectivity index (χ0v) is 20.5. The molecule has 3 rings (SSSR count). The first-order valence-corrected chi connectivity index (χ1v) is 11.1. The van der Waals surface area contributed by atoms with Crippen molar-refractivity contribution in [2.24, 2.45) is 0 Å². The van der Waals surface area contributed by atoms with Gasteiger partial charge in [-0.25, -0.2) is 9.64 Å². The fourth-order valence-corrected chi connectivity index (χ4v) is 4.53. The lowest BCUT2D eigenvalue weighted by atomic mass is 9.79. The van der Waals surface area contributed by atoms with Crippen LogP contribution in [0.2, 0.25) is 0 Å². The van der Waals surface area contributed by atoms with Crippen LogP contribution in [0.1, 0.15) is 68.7 Å². The number of esters is 1. The Morgan fingerprint density at radius 2 is 1.83 bits per heavy atom. The Kier molecular flexibility index (Phi) is 6.01. The summed E-state index contributed by atoms with van der Waals surface area (Å²) < 4.78 is 6.97. The van der Waals surface area contributed by atoms with E-state index in [9.17, 15) is 4.79 Å². The van der Waals surface area contributed by atoms with Crippen molar-refractivity contribution in [2.45, 2.75) is 59.0 Å². The lowest BCUT2D eigenvalue weighted by Crippen LogP contribution is -2.27. The number of H-pyrrole nitrogens is 1. The van der Waals surface area contributed by atoms with Crippen LogP contribution in [0.15, 0.2) is 36.4 Å². The van der Waals surface area contributed by atoms with Crippen LogP contribution >= 0.6 is 22.6 Å². The number of rotatable bonds is 4. The molecule has 0 aliphatic heterocycles. The van der Waals surface area contributed by atoms with Gasteiger partial charge in [0.1, 0.15) is 5.60 Å². The summed E-state index contributed by atoms with van der Waals surface area (Å²) in [6, 6.07) is 11.9. The summed E-state index contributed by atoms with van der Waals surface area (Å²) in [5.74, 6) is -0.354. The fraction of sp³-hybridized carbons (Fsp3) is 0.360. The number of aromatic amines is 1. The van der Waals surface area contributed by atoms with Crippen molar-refractivity contribution in [3.8, 4) is 0 Å². The number of hydrogen-bond acceptors (Lipinski definition) is 2. The molecule has 0 amide bonds. The molecule has 0 aliphatic rings. The number of aryl methyl sites for hydroxylation is 1. The van der Waals surface area contributed by atoms with E-state index in [1.54, 1.807) is 12.1 Å². The highest BCUT2D eigenvalue weighted by Gasteiger charge is 2.34. The van der Waals surface area contributed by atoms with Gasteiger partial charge < -0.3 is 9.72 Å². The highest BCUT2D eigenvalue weighted by molar-refractivity contribution is 14.1. The van der Waals surface area contributed by atoms with Crippen LogP contribution in [-0.4, -0.2) is 16.6 Å². The van der Waals surface area contributed by atoms with Crippen LogP contribution < -0.4 is 0 Å². The third-order valence-electron chi connectivity index (χ3n) is 5.29. The van der Waals surface area contributed by atoms with Crippen molar-refractivity contribution in [3.63, 3.8) is 0 Å². The molecule has 0 aliphatic carbocycles. The lowest BCUT2D eigenvalue weighted by Gasteiger charge is -2.27. The number of benzene rings is 2. The van der Waals surface area contributed by atoms with E-state index in [4.69, 9.17) is 11.3 Å². The van der Waals surface area contributed by atoms with Gasteiger partial charge in [-0.15, -0.1) is 0 Å². The first kappa shape index (κ1) is 22.4. The van der Waals surface area contributed by atoms with Crippen LogP contribution in [0.5, 0.6) is 0 Å². The molecule has 0 bridgehead atoms. The summed E-state index contributed by atoms with van der Waals surface area (Å²) in [6.07, 6.45) is 0.980. The van der Waals surface area contributed by atoms with Crippen molar-refractivity contribution in [1.29, 1.82) is 0 Å². The van der Waals surface area contributed by atoms with Gasteiger partial charge in [-0.3, -0.25) is 0 Å². The van der Waals surface area contributed by atoms with Gasteiger partial charge in [0, 0.05) is 25.6 Å². The SMILES string of the molecule is [C-]#[N+]c1ccc2c(C(=O)OC(C)(C)C)c(C(C)(C)c3ccc(CC)c(I)c3)[nH]c2c1. The van der Waals surface area contributed by atoms with Crippen LogP contribution in [-0.2, 0) is 16.6 Å². The minimum atomic E-state index is -0.601. The van der Waals surface area contributed by atoms with Gasteiger partial charge in [0.25, 0.3) is 0 Å². The second kappa shape index (κ2) is 8.07. The zero-order valence-electron chi connectivity index (χ0n) is 18.3. The lowest BCUT2D eigenvalue weighted by molar-refractivity contribution is 0.00696. The number of carbonyl (C=O) groups is 1. The largest absolute Gasteiger partial charge is 0.456 e. The standard InChI is InChI=1S/C25H27IN2O2/c1-8-15-9-10-16(13-19(15)26)25(5,6)22-21(23(29)30-24(2,3)4)18-12-11-17(27-7)14-20(18)28-22/h9-14,28H,8H2,1-6H3. The molecule has 1 N–H and O–H groups in total. The number of carbonyl (C=O) groups excluding carboxylic acids is 1. The molecule has 1 heterocycles. The molecule has 0 saturated carbocycles. The number of halogens is 1. The minimum absolute atomic E-state index is 0.354. The second-order valence-electron chi connectivity index (χ2n) is 9.00. The van der Waals surface area contributed by atoms with Crippen molar-refractivity contribution in [3.05, 3.63) is 73.8 Å². The third-order valence-corrected chi connectivity index (χ3v) is 6.30. The molecular formula is C25H27IN2O2. The van der Waals surface area contributed by atoms with Crippen LogP contribution in [0.25, 0.3) is 15.7 Å². The van der Waals surface area contributed by atoms with Gasteiger partial charge in [-0.2, -0.15) is 0 Å². The van der Waals surface area contributed by atoms with E-state index in [1.165, 1.54) is 9.13 Å². The van der Waals surface area contributed by atoms with Gasteiger partial charge in [0.15, 0.2) is 5.69 Å². The summed E-state index contributed by atoms with van der Waals surface area (Å²) in [6.45, 7) is 19.3. The van der Waals surface area contributed by atoms with E-state index in [0.29, 0.717) is 11.3 Å². The highest BCUT2D eigenvalue weighted by Crippen LogP contribution is 2.39. The molecule has 0 atom stereocenters. The van der Waals surface area contributed by atoms with Gasteiger partial charge in [-0.1, -0.05) is 45.0 Å². The van der Waals surface area contributed by atoms with Crippen molar-refractivity contribution < 1.29 is 9.53 Å². The molecule has 4 nitrogen and oxygen atoms in total. The molecule has 0 unspecified atom stereocenters. The average molecular weight is 514 g/mol. The molecular weight excluding hydrogens is 487 g/mol. The van der Waals surface area contributed by atoms with E-state index in [1.807, 2.05) is 26.8 Å². The molecule has 30 heavy (non-hydrogen) atoms. The second-order valence-corrected chi connectivity index (χ2v) is 10.2. The Morgan fingerprint density at radius 1 is 1.13 bits per heavy atom. The number of aromatic nitrogens is 1. The summed E-state index contributed by atoms with van der Waals surface area (Å²) in [7, 11) is 0. The van der Waals surface area contributed by atoms with Gasteiger partial charge in [-0.05, 0) is 73.0 Å². The monoisotopic (exact) mass is 514 g/mol. The third kappa shape index (κ3) is 4.24. The maximum absolute atomic E-state index is 13.3. The summed E-state index contributed by atoms with van der Waals surface area (Å²) >= 11 is 2.37. The molecule has 0 spiro atoms. The normalized spacial score (nSPS) is 12.1. The molecule has 0 fully saturated rings. The number of fused-ring (bicyclic) bond motifs is 1. The summed E-state index contributed by atoms with van der Waals surface area (Å²) in [4.78, 5) is 20.2. The molecule has 5 heteroatoms. The van der Waals surface area contributed by atoms with Crippen LogP contribution in [0, 0.1) is 10.1 Å². The Balaban J connectivity index is 2.25. The number of ether oxygens (including phenoxy) is 1. The number of hydrogen-bond donors (Lipinski definition) is 1. The molecule has 3 aromatic rings. The maximum Gasteiger partial charge on any atom is 0.341 e. The van der Waals surface area contributed by atoms with E-state index in [0.717, 1.165) is 28.6 Å². The smallest absolute Gasteiger partial charge is 0.341 e. The van der Waals surface area contributed by atoms with Crippen molar-refractivity contribution >= 4 is 45.2 Å². The Morgan fingerprint density at radius 3 is 2.40 bits per heavy atom. The summed E-state index contributed by atoms with van der Waals surface area (Å²) in [5, 5.41) is 0.777. The molecule has 2 aromatic carbocycles. The topological polar surface area (TPSA) is 46.5 Å². The Hall–Kier alpha value is -2.33. The Labute approximate surface area is 192 Å². The molecule has 1 aromatic heterocycles. The quantitative estimate of drug-likeness (QED) is 0.228. The predicted octanol–water partition coefficient (Wildman–Crippen LogP) is 7.17. The molecule has 156 valence electrons. The maximum atomic E-state index is 13.3. The van der Waals surface area contributed by atoms with Gasteiger partial charge in [0.05, 0.1) is 12.1 Å². The van der Waals surface area contributed by atoms with Gasteiger partial charge >= 0.3 is 5.97 Å². The fourth-order valence-electron chi connectivity index (χ4n) is 3.63. The first-order valence-electron chi connectivity index (χ1n) is 10.0. The zero-order chi connectivity index (χ0) is 22.3. The first-order chi connectivity index (χ1) is 14.0. The molecule has 0 saturated heterocycles. The van der Waals surface area contributed by atoms with Crippen molar-refractivity contribution in [1.82, 2.24) is 4.98 Å². The minimum Gasteiger partial charge on any atom is -0.456 e. The van der Waals surface area contributed by atoms with E-state index >= 15 is 0 Å². The highest BCUT2D eigenvalue weighted by atomic mass is 127. The predicted molar refractivity (Wildman–Crippen MR) is 130 cm³/mol. The van der Waals surface area contributed by atoms with E-state index < -0.39 is 11.0 Å². The van der Waals surface area contributed by atoms with Crippen LogP contribution in [0.4, 0.5) is 5.69 Å². The average Bonchev–Trinajstić information content (AvgIpc) is 3.06. The van der Waals surface area contributed by atoms with Gasteiger partial charge in [0.2, 0.25) is 0 Å². The van der Waals surface area contributed by atoms with Crippen molar-refractivity contribution in [2.75, 3.05) is 0 Å². The molecule has 0 radical (unpaired) electrons. The number of nitrogens with zero attached hydrogens (tertiary/aromatic N) is 1. The van der Waals surface area contributed by atoms with E-state index in [-0.39, 0.29) is 5.97 Å². The number of nitrogens with one attached hydrogen (secondary N) is 1. The van der Waals surface area contributed by atoms with E-state index in [2.05, 4.69) is 71.4 Å². The Bertz CT molecular complexity index is 1160. The summed E-state index contributed by atoms with van der Waals surface area (Å²) in [5.41, 5.74) is 4.00.